The zero-order valence-corrected chi connectivity index (χ0v) is 19.0. The number of halogens is 3. The molecule has 2 fully saturated rings. The Hall–Kier alpha value is -2.09. The van der Waals surface area contributed by atoms with Gasteiger partial charge < -0.3 is 15.3 Å². The number of benzene rings is 1. The van der Waals surface area contributed by atoms with Crippen molar-refractivity contribution in [2.45, 2.75) is 82.8 Å². The SMILES string of the molecule is CC(C)(C)c1ccc(CC(=O)[C@H](NC(=O)N2CC[C@H](O)C2)C2CCC(F)(F)CC2)cc1F. The number of aliphatic hydroxyl groups excluding tert-OH is 1. The Morgan fingerprint density at radius 2 is 1.88 bits per heavy atom. The Labute approximate surface area is 187 Å². The van der Waals surface area contributed by atoms with Crippen LogP contribution in [0.5, 0.6) is 0 Å². The number of aliphatic hydroxyl groups is 1. The second-order valence-electron chi connectivity index (χ2n) is 10.2. The number of β-amino-alcohol motifs (C(OH)–C–C–N with tert-alkyl or cyclic N) is 1. The first-order valence-electron chi connectivity index (χ1n) is 11.3. The van der Waals surface area contributed by atoms with Gasteiger partial charge in [0.05, 0.1) is 12.1 Å². The molecule has 2 aliphatic rings. The van der Waals surface area contributed by atoms with Crippen molar-refractivity contribution < 1.29 is 27.9 Å². The Morgan fingerprint density at radius 3 is 2.41 bits per heavy atom. The summed E-state index contributed by atoms with van der Waals surface area (Å²) in [6, 6.07) is 3.29. The third-order valence-corrected chi connectivity index (χ3v) is 6.53. The molecule has 1 aliphatic carbocycles. The molecule has 178 valence electrons. The molecule has 1 saturated heterocycles. The molecule has 8 heteroatoms. The van der Waals surface area contributed by atoms with Gasteiger partial charge in [0.15, 0.2) is 5.78 Å². The van der Waals surface area contributed by atoms with Gasteiger partial charge in [-0.25, -0.2) is 18.0 Å². The highest BCUT2D eigenvalue weighted by atomic mass is 19.3. The molecular weight excluding hydrogens is 421 g/mol. The standard InChI is InChI=1S/C24H33F3N2O3/c1-23(2,3)18-5-4-15(12-19(18)25)13-20(31)21(16-6-9-24(26,27)10-7-16)28-22(32)29-11-8-17(30)14-29/h4-5,12,16-17,21,30H,6-11,13-14H2,1-3H3,(H,28,32)/t17-,21+/m0/s1. The van der Waals surface area contributed by atoms with Crippen LogP contribution in [0.4, 0.5) is 18.0 Å². The summed E-state index contributed by atoms with van der Waals surface area (Å²) in [7, 11) is 0. The van der Waals surface area contributed by atoms with Crippen LogP contribution in [0.1, 0.15) is 64.0 Å². The average molecular weight is 455 g/mol. The molecule has 0 bridgehead atoms. The minimum absolute atomic E-state index is 0.0954. The number of hydrogen-bond acceptors (Lipinski definition) is 3. The number of hydrogen-bond donors (Lipinski definition) is 2. The lowest BCUT2D eigenvalue weighted by molar-refractivity contribution is -0.123. The minimum Gasteiger partial charge on any atom is -0.391 e. The molecule has 1 saturated carbocycles. The van der Waals surface area contributed by atoms with E-state index in [9.17, 15) is 27.9 Å². The number of amides is 2. The summed E-state index contributed by atoms with van der Waals surface area (Å²) in [5.74, 6) is -3.88. The van der Waals surface area contributed by atoms with Gasteiger partial charge in [0.25, 0.3) is 0 Å². The van der Waals surface area contributed by atoms with Gasteiger partial charge in [0.2, 0.25) is 5.92 Å². The molecule has 2 N–H and O–H groups in total. The summed E-state index contributed by atoms with van der Waals surface area (Å²) in [6.45, 7) is 6.24. The molecule has 1 aliphatic heterocycles. The molecule has 3 rings (SSSR count). The van der Waals surface area contributed by atoms with Crippen molar-refractivity contribution >= 4 is 11.8 Å². The van der Waals surface area contributed by atoms with Crippen LogP contribution in [0.15, 0.2) is 18.2 Å². The topological polar surface area (TPSA) is 69.6 Å². The van der Waals surface area contributed by atoms with Gasteiger partial charge in [0, 0.05) is 32.4 Å². The number of likely N-dealkylation sites (tertiary alicyclic amines) is 1. The van der Waals surface area contributed by atoms with E-state index in [0.29, 0.717) is 24.1 Å². The molecule has 0 spiro atoms. The van der Waals surface area contributed by atoms with Crippen molar-refractivity contribution in [3.05, 3.63) is 35.1 Å². The first-order chi connectivity index (χ1) is 14.9. The van der Waals surface area contributed by atoms with E-state index < -0.39 is 35.8 Å². The molecule has 0 radical (unpaired) electrons. The Bertz CT molecular complexity index is 843. The van der Waals surface area contributed by atoms with E-state index >= 15 is 0 Å². The van der Waals surface area contributed by atoms with Gasteiger partial charge in [-0.15, -0.1) is 0 Å². The summed E-state index contributed by atoms with van der Waals surface area (Å²) in [5, 5.41) is 12.4. The highest BCUT2D eigenvalue weighted by Crippen LogP contribution is 2.38. The average Bonchev–Trinajstić information content (AvgIpc) is 3.12. The van der Waals surface area contributed by atoms with E-state index in [4.69, 9.17) is 0 Å². The maximum atomic E-state index is 14.6. The van der Waals surface area contributed by atoms with Gasteiger partial charge in [-0.05, 0) is 47.8 Å². The summed E-state index contributed by atoms with van der Waals surface area (Å²) < 4.78 is 41.9. The van der Waals surface area contributed by atoms with Crippen LogP contribution in [0, 0.1) is 11.7 Å². The lowest BCUT2D eigenvalue weighted by Gasteiger charge is -2.34. The van der Waals surface area contributed by atoms with E-state index in [1.54, 1.807) is 12.1 Å². The van der Waals surface area contributed by atoms with Gasteiger partial charge in [-0.2, -0.15) is 0 Å². The molecule has 5 nitrogen and oxygen atoms in total. The first-order valence-corrected chi connectivity index (χ1v) is 11.3. The lowest BCUT2D eigenvalue weighted by Crippen LogP contribution is -2.52. The molecule has 2 amide bonds. The number of alkyl halides is 2. The maximum Gasteiger partial charge on any atom is 0.318 e. The highest BCUT2D eigenvalue weighted by molar-refractivity contribution is 5.90. The van der Waals surface area contributed by atoms with Gasteiger partial charge in [-0.1, -0.05) is 32.9 Å². The quantitative estimate of drug-likeness (QED) is 0.701. The third kappa shape index (κ3) is 6.03. The van der Waals surface area contributed by atoms with Gasteiger partial charge in [-0.3, -0.25) is 4.79 Å². The van der Waals surface area contributed by atoms with Crippen molar-refractivity contribution in [1.82, 2.24) is 10.2 Å². The fraction of sp³-hybridized carbons (Fsp3) is 0.667. The number of Topliss-reactive ketones (excluding diaryl/α,β-unsaturated/α-hetero) is 1. The fourth-order valence-electron chi connectivity index (χ4n) is 4.60. The smallest absolute Gasteiger partial charge is 0.318 e. The molecule has 2 atom stereocenters. The van der Waals surface area contributed by atoms with Crippen molar-refractivity contribution in [3.8, 4) is 0 Å². The van der Waals surface area contributed by atoms with E-state index in [0.717, 1.165) is 0 Å². The number of carbonyl (C=O) groups excluding carboxylic acids is 2. The predicted molar refractivity (Wildman–Crippen MR) is 115 cm³/mol. The summed E-state index contributed by atoms with van der Waals surface area (Å²) in [5.41, 5.74) is 0.648. The van der Waals surface area contributed by atoms with E-state index in [1.807, 2.05) is 20.8 Å². The van der Waals surface area contributed by atoms with Crippen molar-refractivity contribution in [2.75, 3.05) is 13.1 Å². The third-order valence-electron chi connectivity index (χ3n) is 6.53. The minimum atomic E-state index is -2.75. The van der Waals surface area contributed by atoms with Crippen LogP contribution >= 0.6 is 0 Å². The predicted octanol–water partition coefficient (Wildman–Crippen LogP) is 4.21. The zero-order valence-electron chi connectivity index (χ0n) is 19.0. The summed E-state index contributed by atoms with van der Waals surface area (Å²) in [6.07, 6.45) is -0.632. The van der Waals surface area contributed by atoms with Crippen molar-refractivity contribution in [1.29, 1.82) is 0 Å². The largest absolute Gasteiger partial charge is 0.391 e. The van der Waals surface area contributed by atoms with Crippen LogP contribution in [0.3, 0.4) is 0 Å². The van der Waals surface area contributed by atoms with Crippen LogP contribution in [-0.4, -0.2) is 53.0 Å². The molecule has 1 aromatic carbocycles. The normalized spacial score (nSPS) is 22.6. The van der Waals surface area contributed by atoms with Crippen molar-refractivity contribution in [3.63, 3.8) is 0 Å². The van der Waals surface area contributed by atoms with Crippen LogP contribution in [0.2, 0.25) is 0 Å². The lowest BCUT2D eigenvalue weighted by atomic mass is 9.79. The molecule has 1 aromatic rings. The Morgan fingerprint density at radius 1 is 1.22 bits per heavy atom. The zero-order chi connectivity index (χ0) is 23.7. The fourth-order valence-corrected chi connectivity index (χ4v) is 4.60. The van der Waals surface area contributed by atoms with Crippen LogP contribution < -0.4 is 5.32 Å². The number of nitrogens with zero attached hydrogens (tertiary/aromatic N) is 1. The molecule has 1 heterocycles. The second-order valence-corrected chi connectivity index (χ2v) is 10.2. The molecular formula is C24H33F3N2O3. The number of rotatable bonds is 5. The summed E-state index contributed by atoms with van der Waals surface area (Å²) in [4.78, 5) is 27.3. The molecule has 32 heavy (non-hydrogen) atoms. The second kappa shape index (κ2) is 9.41. The molecule has 0 aromatic heterocycles. The van der Waals surface area contributed by atoms with E-state index in [2.05, 4.69) is 5.32 Å². The molecule has 0 unspecified atom stereocenters. The van der Waals surface area contributed by atoms with Gasteiger partial charge in [0.1, 0.15) is 5.82 Å². The van der Waals surface area contributed by atoms with Crippen molar-refractivity contribution in [2.24, 2.45) is 5.92 Å². The maximum absolute atomic E-state index is 14.6. The van der Waals surface area contributed by atoms with E-state index in [-0.39, 0.29) is 49.8 Å². The number of carbonyl (C=O) groups is 2. The first kappa shape index (κ1) is 24.6. The van der Waals surface area contributed by atoms with E-state index in [1.165, 1.54) is 11.0 Å². The van der Waals surface area contributed by atoms with Crippen LogP contribution in [0.25, 0.3) is 0 Å². The van der Waals surface area contributed by atoms with Gasteiger partial charge >= 0.3 is 6.03 Å². The number of nitrogens with one attached hydrogen (secondary N) is 1. The Balaban J connectivity index is 1.75. The number of urea groups is 1. The monoisotopic (exact) mass is 454 g/mol. The summed E-state index contributed by atoms with van der Waals surface area (Å²) >= 11 is 0. The Kier molecular flexibility index (Phi) is 7.22. The van der Waals surface area contributed by atoms with Crippen LogP contribution in [-0.2, 0) is 16.6 Å². The number of ketones is 1. The highest BCUT2D eigenvalue weighted by Gasteiger charge is 2.41.